The van der Waals surface area contributed by atoms with Crippen molar-refractivity contribution in [2.24, 2.45) is 12.5 Å². The van der Waals surface area contributed by atoms with E-state index in [-0.39, 0.29) is 22.9 Å². The number of carbonyl (C=O) groups excluding carboxylic acids is 1. The lowest BCUT2D eigenvalue weighted by molar-refractivity contribution is -0.140. The van der Waals surface area contributed by atoms with Crippen LogP contribution >= 0.6 is 0 Å². The van der Waals surface area contributed by atoms with Crippen LogP contribution in [0.1, 0.15) is 77.1 Å². The summed E-state index contributed by atoms with van der Waals surface area (Å²) in [5.74, 6) is 1.44. The molecule has 1 aliphatic heterocycles. The lowest BCUT2D eigenvalue weighted by Crippen LogP contribution is -2.44. The lowest BCUT2D eigenvalue weighted by atomic mass is 9.90. The van der Waals surface area contributed by atoms with Gasteiger partial charge < -0.3 is 4.90 Å². The smallest absolute Gasteiger partial charge is 0.342 e. The predicted molar refractivity (Wildman–Crippen MR) is 93.0 cm³/mol. The average Bonchev–Trinajstić information content (AvgIpc) is 3.15. The van der Waals surface area contributed by atoms with E-state index in [1.54, 1.807) is 7.05 Å². The van der Waals surface area contributed by atoms with Crippen LogP contribution in [0, 0.1) is 5.41 Å². The quantitative estimate of drug-likeness (QED) is 0.835. The Morgan fingerprint density at radius 1 is 1.08 bits per heavy atom. The summed E-state index contributed by atoms with van der Waals surface area (Å²) in [6.45, 7) is 7.43. The second-order valence-electron chi connectivity index (χ2n) is 8.39. The van der Waals surface area contributed by atoms with E-state index in [0.717, 1.165) is 44.6 Å². The van der Waals surface area contributed by atoms with Crippen molar-refractivity contribution in [3.63, 3.8) is 0 Å². The van der Waals surface area contributed by atoms with Crippen molar-refractivity contribution < 1.29 is 4.79 Å². The molecule has 1 aliphatic carbocycles. The Hall–Kier alpha value is -1.59. The maximum atomic E-state index is 12.5. The van der Waals surface area contributed by atoms with Gasteiger partial charge in [0.25, 0.3) is 0 Å². The fourth-order valence-electron chi connectivity index (χ4n) is 4.10. The number of aromatic nitrogens is 3. The maximum Gasteiger partial charge on any atom is 0.345 e. The Kier molecular flexibility index (Phi) is 4.58. The molecule has 24 heavy (non-hydrogen) atoms. The van der Waals surface area contributed by atoms with Crippen molar-refractivity contribution in [1.82, 2.24) is 19.2 Å². The van der Waals surface area contributed by atoms with Gasteiger partial charge >= 0.3 is 5.69 Å². The van der Waals surface area contributed by atoms with Crippen molar-refractivity contribution in [3.8, 4) is 0 Å². The van der Waals surface area contributed by atoms with E-state index in [0.29, 0.717) is 6.04 Å². The summed E-state index contributed by atoms with van der Waals surface area (Å²) in [6.07, 6.45) is 6.35. The molecule has 134 valence electrons. The molecule has 0 N–H and O–H groups in total. The molecule has 1 amide bonds. The standard InChI is InChI=1S/C18H30N4O2/c1-18(2,3)16(23)21-11-9-13(10-12-21)15-19-20(4)17(24)22(15)14-7-5-6-8-14/h13-14H,5-12H2,1-4H3. The molecule has 6 nitrogen and oxygen atoms in total. The summed E-state index contributed by atoms with van der Waals surface area (Å²) in [5.41, 5.74) is -0.311. The number of amides is 1. The second kappa shape index (κ2) is 6.37. The van der Waals surface area contributed by atoms with Gasteiger partial charge in [-0.15, -0.1) is 0 Å². The zero-order valence-corrected chi connectivity index (χ0v) is 15.4. The normalized spacial score (nSPS) is 20.8. The number of likely N-dealkylation sites (tertiary alicyclic amines) is 1. The lowest BCUT2D eigenvalue weighted by Gasteiger charge is -2.35. The fourth-order valence-corrected chi connectivity index (χ4v) is 4.10. The molecule has 6 heteroatoms. The van der Waals surface area contributed by atoms with Crippen molar-refractivity contribution in [3.05, 3.63) is 16.3 Å². The summed E-state index contributed by atoms with van der Waals surface area (Å²) < 4.78 is 3.44. The number of piperidine rings is 1. The van der Waals surface area contributed by atoms with Crippen LogP contribution in [-0.2, 0) is 11.8 Å². The Morgan fingerprint density at radius 2 is 1.67 bits per heavy atom. The molecule has 0 atom stereocenters. The van der Waals surface area contributed by atoms with Crippen LogP contribution in [0.25, 0.3) is 0 Å². The summed E-state index contributed by atoms with van der Waals surface area (Å²) >= 11 is 0. The average molecular weight is 334 g/mol. The third-order valence-electron chi connectivity index (χ3n) is 5.46. The summed E-state index contributed by atoms with van der Waals surface area (Å²) in [6, 6.07) is 0.315. The molecule has 2 fully saturated rings. The molecule has 0 radical (unpaired) electrons. The minimum absolute atomic E-state index is 0.0186. The largest absolute Gasteiger partial charge is 0.345 e. The van der Waals surface area contributed by atoms with E-state index >= 15 is 0 Å². The van der Waals surface area contributed by atoms with E-state index in [1.807, 2.05) is 30.2 Å². The Morgan fingerprint density at radius 3 is 2.21 bits per heavy atom. The van der Waals surface area contributed by atoms with Gasteiger partial charge in [0.2, 0.25) is 5.91 Å². The number of rotatable bonds is 2. The molecular formula is C18H30N4O2. The molecule has 0 aromatic carbocycles. The molecule has 1 saturated carbocycles. The van der Waals surface area contributed by atoms with Gasteiger partial charge in [0, 0.05) is 37.5 Å². The Labute approximate surface area is 143 Å². The van der Waals surface area contributed by atoms with E-state index in [4.69, 9.17) is 0 Å². The molecule has 0 unspecified atom stereocenters. The van der Waals surface area contributed by atoms with E-state index in [9.17, 15) is 9.59 Å². The molecular weight excluding hydrogens is 304 g/mol. The van der Waals surface area contributed by atoms with E-state index in [1.165, 1.54) is 17.5 Å². The van der Waals surface area contributed by atoms with Gasteiger partial charge in [-0.05, 0) is 25.7 Å². The first-order valence-electron chi connectivity index (χ1n) is 9.24. The van der Waals surface area contributed by atoms with Gasteiger partial charge in [0.05, 0.1) is 0 Å². The number of aryl methyl sites for hydroxylation is 1. The third-order valence-corrected chi connectivity index (χ3v) is 5.46. The van der Waals surface area contributed by atoms with Crippen LogP contribution in [0.15, 0.2) is 4.79 Å². The number of hydrogen-bond donors (Lipinski definition) is 0. The fraction of sp³-hybridized carbons (Fsp3) is 0.833. The maximum absolute atomic E-state index is 12.5. The van der Waals surface area contributed by atoms with Crippen LogP contribution in [0.4, 0.5) is 0 Å². The number of hydrogen-bond acceptors (Lipinski definition) is 3. The molecule has 0 bridgehead atoms. The van der Waals surface area contributed by atoms with Crippen LogP contribution in [0.3, 0.4) is 0 Å². The van der Waals surface area contributed by atoms with Crippen molar-refractivity contribution in [2.45, 2.75) is 71.3 Å². The van der Waals surface area contributed by atoms with Gasteiger partial charge in [0.15, 0.2) is 0 Å². The van der Waals surface area contributed by atoms with E-state index < -0.39 is 0 Å². The van der Waals surface area contributed by atoms with Gasteiger partial charge in [-0.1, -0.05) is 33.6 Å². The first-order chi connectivity index (χ1) is 11.3. The highest BCUT2D eigenvalue weighted by molar-refractivity contribution is 5.81. The molecule has 2 aliphatic rings. The molecule has 0 spiro atoms. The third kappa shape index (κ3) is 3.15. The highest BCUT2D eigenvalue weighted by Crippen LogP contribution is 2.34. The zero-order valence-electron chi connectivity index (χ0n) is 15.4. The molecule has 3 rings (SSSR count). The van der Waals surface area contributed by atoms with Crippen LogP contribution in [0.2, 0.25) is 0 Å². The zero-order chi connectivity index (χ0) is 17.5. The van der Waals surface area contributed by atoms with Gasteiger partial charge in [0.1, 0.15) is 5.82 Å². The molecule has 1 aromatic heterocycles. The van der Waals surface area contributed by atoms with E-state index in [2.05, 4.69) is 5.10 Å². The molecule has 1 aromatic rings. The second-order valence-corrected chi connectivity index (χ2v) is 8.39. The highest BCUT2D eigenvalue weighted by atomic mass is 16.2. The van der Waals surface area contributed by atoms with Crippen molar-refractivity contribution in [1.29, 1.82) is 0 Å². The first-order valence-corrected chi connectivity index (χ1v) is 9.24. The monoisotopic (exact) mass is 334 g/mol. The van der Waals surface area contributed by atoms with Gasteiger partial charge in [-0.25, -0.2) is 9.48 Å². The van der Waals surface area contributed by atoms with Crippen molar-refractivity contribution in [2.75, 3.05) is 13.1 Å². The SMILES string of the molecule is Cn1nc(C2CCN(C(=O)C(C)(C)C)CC2)n(C2CCCC2)c1=O. The first kappa shape index (κ1) is 17.2. The number of carbonyl (C=O) groups is 1. The summed E-state index contributed by atoms with van der Waals surface area (Å²) in [4.78, 5) is 26.9. The number of nitrogens with zero attached hydrogens (tertiary/aromatic N) is 4. The minimum atomic E-state index is -0.330. The van der Waals surface area contributed by atoms with Crippen LogP contribution in [0.5, 0.6) is 0 Å². The Balaban J connectivity index is 1.76. The Bertz CT molecular complexity index is 654. The summed E-state index contributed by atoms with van der Waals surface area (Å²) in [5, 5.41) is 4.56. The van der Waals surface area contributed by atoms with Gasteiger partial charge in [-0.2, -0.15) is 5.10 Å². The molecule has 2 heterocycles. The minimum Gasteiger partial charge on any atom is -0.342 e. The van der Waals surface area contributed by atoms with Crippen LogP contribution < -0.4 is 5.69 Å². The predicted octanol–water partition coefficient (Wildman–Crippen LogP) is 2.45. The van der Waals surface area contributed by atoms with Crippen LogP contribution in [-0.4, -0.2) is 38.2 Å². The van der Waals surface area contributed by atoms with Gasteiger partial charge in [-0.3, -0.25) is 9.36 Å². The topological polar surface area (TPSA) is 60.1 Å². The summed E-state index contributed by atoms with van der Waals surface area (Å²) in [7, 11) is 1.75. The molecule has 1 saturated heterocycles. The van der Waals surface area contributed by atoms with Crippen molar-refractivity contribution >= 4 is 5.91 Å². The highest BCUT2D eigenvalue weighted by Gasteiger charge is 2.34.